The summed E-state index contributed by atoms with van der Waals surface area (Å²) in [6.45, 7) is 7.10. The minimum Gasteiger partial charge on any atom is -0.490 e. The van der Waals surface area contributed by atoms with Gasteiger partial charge in [-0.3, -0.25) is 9.59 Å². The molecule has 2 amide bonds. The lowest BCUT2D eigenvalue weighted by atomic mass is 10.0. The fraction of sp³-hybridized carbons (Fsp3) is 0.562. The van der Waals surface area contributed by atoms with Crippen molar-refractivity contribution in [1.82, 2.24) is 9.80 Å². The maximum atomic E-state index is 14.1. The summed E-state index contributed by atoms with van der Waals surface area (Å²) in [6, 6.07) is 15.0. The number of likely N-dealkylation sites (N-methyl/N-ethyl adjacent to an activating group) is 1. The third-order valence-electron chi connectivity index (χ3n) is 7.63. The van der Waals surface area contributed by atoms with Gasteiger partial charge >= 0.3 is 0 Å². The number of hydrogen-bond donors (Lipinski definition) is 1. The van der Waals surface area contributed by atoms with Gasteiger partial charge in [0, 0.05) is 52.4 Å². The number of benzene rings is 2. The molecule has 4 atom stereocenters. The van der Waals surface area contributed by atoms with Crippen LogP contribution in [0.4, 0.5) is 5.69 Å². The van der Waals surface area contributed by atoms with Crippen LogP contribution in [-0.2, 0) is 16.0 Å². The normalized spacial score (nSPS) is 21.5. The van der Waals surface area contributed by atoms with E-state index in [0.29, 0.717) is 37.4 Å². The van der Waals surface area contributed by atoms with Crippen molar-refractivity contribution in [3.05, 3.63) is 59.7 Å². The smallest absolute Gasteiger partial charge is 0.258 e. The second-order valence-corrected chi connectivity index (χ2v) is 11.3. The summed E-state index contributed by atoms with van der Waals surface area (Å²) in [6.07, 6.45) is 2.63. The highest BCUT2D eigenvalue weighted by molar-refractivity contribution is 5.98. The van der Waals surface area contributed by atoms with Crippen molar-refractivity contribution in [2.45, 2.75) is 64.7 Å². The first kappa shape index (κ1) is 31.4. The molecule has 0 saturated heterocycles. The summed E-state index contributed by atoms with van der Waals surface area (Å²) >= 11 is 0. The van der Waals surface area contributed by atoms with E-state index in [2.05, 4.69) is 0 Å². The summed E-state index contributed by atoms with van der Waals surface area (Å²) in [5, 5.41) is 10.1. The molecule has 220 valence electrons. The van der Waals surface area contributed by atoms with Crippen molar-refractivity contribution in [2.75, 3.05) is 52.3 Å². The topological polar surface area (TPSA) is 82.6 Å². The molecular formula is C32H47N3O5. The number of nitrogens with zero attached hydrogens (tertiary/aromatic N) is 3. The number of ether oxygens (including phenoxy) is 2. The molecule has 1 aliphatic rings. The third-order valence-corrected chi connectivity index (χ3v) is 7.63. The number of fused-ring (bicyclic) bond motifs is 1. The van der Waals surface area contributed by atoms with E-state index in [1.165, 1.54) is 0 Å². The summed E-state index contributed by atoms with van der Waals surface area (Å²) in [5.41, 5.74) is 2.35. The second-order valence-electron chi connectivity index (χ2n) is 11.3. The molecule has 0 aliphatic carbocycles. The quantitative estimate of drug-likeness (QED) is 0.552. The maximum Gasteiger partial charge on any atom is 0.258 e. The van der Waals surface area contributed by atoms with Crippen LogP contribution in [0.15, 0.2) is 48.5 Å². The first-order valence-corrected chi connectivity index (χ1v) is 14.4. The van der Waals surface area contributed by atoms with Gasteiger partial charge in [-0.2, -0.15) is 0 Å². The molecule has 1 N–H and O–H groups in total. The van der Waals surface area contributed by atoms with Crippen molar-refractivity contribution >= 4 is 17.5 Å². The summed E-state index contributed by atoms with van der Waals surface area (Å²) in [5.74, 6) is 0.299. The van der Waals surface area contributed by atoms with Gasteiger partial charge in [0.05, 0.1) is 36.8 Å². The van der Waals surface area contributed by atoms with Crippen molar-refractivity contribution in [3.63, 3.8) is 0 Å². The average Bonchev–Trinajstić information content (AvgIpc) is 2.94. The number of aliphatic hydroxyl groups is 1. The Morgan fingerprint density at radius 3 is 2.50 bits per heavy atom. The Hall–Kier alpha value is -3.10. The van der Waals surface area contributed by atoms with Crippen molar-refractivity contribution < 1.29 is 24.2 Å². The predicted octanol–water partition coefficient (Wildman–Crippen LogP) is 4.25. The molecule has 0 spiro atoms. The number of carbonyl (C=O) groups is 2. The van der Waals surface area contributed by atoms with Crippen LogP contribution in [0, 0.1) is 5.92 Å². The van der Waals surface area contributed by atoms with Crippen LogP contribution in [-0.4, -0.2) is 92.4 Å². The predicted molar refractivity (Wildman–Crippen MR) is 159 cm³/mol. The van der Waals surface area contributed by atoms with E-state index < -0.39 is 6.04 Å². The number of aliphatic hydroxyl groups excluding tert-OH is 1. The molecule has 40 heavy (non-hydrogen) atoms. The minimum atomic E-state index is -0.408. The van der Waals surface area contributed by atoms with Gasteiger partial charge in [0.25, 0.3) is 5.91 Å². The van der Waals surface area contributed by atoms with Crippen LogP contribution in [0.3, 0.4) is 0 Å². The molecule has 0 radical (unpaired) electrons. The Balaban J connectivity index is 1.88. The lowest BCUT2D eigenvalue weighted by molar-refractivity contribution is -0.131. The van der Waals surface area contributed by atoms with Crippen LogP contribution in [0.25, 0.3) is 0 Å². The Morgan fingerprint density at radius 1 is 1.10 bits per heavy atom. The van der Waals surface area contributed by atoms with E-state index in [1.54, 1.807) is 9.80 Å². The molecule has 8 nitrogen and oxygen atoms in total. The van der Waals surface area contributed by atoms with Crippen LogP contribution in [0.5, 0.6) is 5.75 Å². The van der Waals surface area contributed by atoms with E-state index in [-0.39, 0.29) is 36.5 Å². The van der Waals surface area contributed by atoms with Crippen molar-refractivity contribution in [2.24, 2.45) is 5.92 Å². The Bertz CT molecular complexity index is 1090. The first-order chi connectivity index (χ1) is 19.1. The number of amides is 2. The van der Waals surface area contributed by atoms with Gasteiger partial charge in [0.2, 0.25) is 5.91 Å². The zero-order chi connectivity index (χ0) is 29.2. The molecule has 8 heteroatoms. The number of rotatable bonds is 7. The highest BCUT2D eigenvalue weighted by Crippen LogP contribution is 2.29. The SMILES string of the molecule is C[C@@H]1CCCCO[C@@H](CN(C)C(=O)Cc2ccccc2)[C@H](C)CN([C@@H](C)CO)C(=O)c2cc(N(C)C)ccc2O1. The van der Waals surface area contributed by atoms with Gasteiger partial charge in [-0.1, -0.05) is 37.3 Å². The van der Waals surface area contributed by atoms with Crippen LogP contribution in [0.1, 0.15) is 56.0 Å². The van der Waals surface area contributed by atoms with Gasteiger partial charge < -0.3 is 29.3 Å². The molecular weight excluding hydrogens is 506 g/mol. The van der Waals surface area contributed by atoms with Crippen LogP contribution < -0.4 is 9.64 Å². The Morgan fingerprint density at radius 2 is 1.82 bits per heavy atom. The van der Waals surface area contributed by atoms with E-state index in [1.807, 2.05) is 95.3 Å². The first-order valence-electron chi connectivity index (χ1n) is 14.4. The molecule has 2 aromatic carbocycles. The standard InChI is InChI=1S/C32H47N3O5/c1-23-20-35(24(2)22-36)32(38)28-19-27(33(4)5)15-16-29(28)40-25(3)12-10-11-17-39-30(23)21-34(6)31(37)18-26-13-8-7-9-14-26/h7-9,13-16,19,23-25,30,36H,10-12,17-18,20-22H2,1-6H3/t23-,24+,25-,30+/m1/s1. The average molecular weight is 554 g/mol. The summed E-state index contributed by atoms with van der Waals surface area (Å²) < 4.78 is 12.7. The van der Waals surface area contributed by atoms with E-state index in [0.717, 1.165) is 30.5 Å². The zero-order valence-electron chi connectivity index (χ0n) is 25.0. The monoisotopic (exact) mass is 553 g/mol. The molecule has 1 heterocycles. The molecule has 0 fully saturated rings. The lowest BCUT2D eigenvalue weighted by Crippen LogP contribution is -2.48. The lowest BCUT2D eigenvalue weighted by Gasteiger charge is -2.36. The van der Waals surface area contributed by atoms with Gasteiger partial charge in [-0.25, -0.2) is 0 Å². The third kappa shape index (κ3) is 8.70. The van der Waals surface area contributed by atoms with Crippen LogP contribution >= 0.6 is 0 Å². The molecule has 2 aromatic rings. The van der Waals surface area contributed by atoms with Gasteiger partial charge in [0.1, 0.15) is 5.75 Å². The van der Waals surface area contributed by atoms with E-state index >= 15 is 0 Å². The van der Waals surface area contributed by atoms with Crippen molar-refractivity contribution in [1.29, 1.82) is 0 Å². The Kier molecular flexibility index (Phi) is 11.8. The highest BCUT2D eigenvalue weighted by atomic mass is 16.5. The maximum absolute atomic E-state index is 14.1. The molecule has 0 bridgehead atoms. The molecule has 3 rings (SSSR count). The fourth-order valence-corrected chi connectivity index (χ4v) is 4.93. The van der Waals surface area contributed by atoms with E-state index in [9.17, 15) is 14.7 Å². The van der Waals surface area contributed by atoms with Gasteiger partial charge in [-0.15, -0.1) is 0 Å². The highest BCUT2D eigenvalue weighted by Gasteiger charge is 2.31. The number of carbonyl (C=O) groups excluding carboxylic acids is 2. The largest absolute Gasteiger partial charge is 0.490 e. The fourth-order valence-electron chi connectivity index (χ4n) is 4.93. The van der Waals surface area contributed by atoms with Gasteiger partial charge in [-0.05, 0) is 56.9 Å². The Labute approximate surface area is 239 Å². The second kappa shape index (κ2) is 15.1. The molecule has 0 saturated carbocycles. The van der Waals surface area contributed by atoms with Crippen molar-refractivity contribution in [3.8, 4) is 5.75 Å². The number of anilines is 1. The van der Waals surface area contributed by atoms with E-state index in [4.69, 9.17) is 9.47 Å². The zero-order valence-corrected chi connectivity index (χ0v) is 25.0. The molecule has 0 unspecified atom stereocenters. The number of hydrogen-bond acceptors (Lipinski definition) is 6. The summed E-state index contributed by atoms with van der Waals surface area (Å²) in [4.78, 5) is 32.5. The van der Waals surface area contributed by atoms with Crippen LogP contribution in [0.2, 0.25) is 0 Å². The molecule has 0 aromatic heterocycles. The summed E-state index contributed by atoms with van der Waals surface area (Å²) in [7, 11) is 5.68. The minimum absolute atomic E-state index is 0.0224. The van der Waals surface area contributed by atoms with Gasteiger partial charge in [0.15, 0.2) is 0 Å². The molecule has 1 aliphatic heterocycles.